The SMILES string of the molecule is CCCN(CCC)C(=O)[C@H]1CC(=O)N(c2cc(C)cc(C)c2)C1. The summed E-state index contributed by atoms with van der Waals surface area (Å²) in [6.07, 6.45) is 2.23. The van der Waals surface area contributed by atoms with Gasteiger partial charge < -0.3 is 9.80 Å². The Morgan fingerprint density at radius 3 is 2.22 bits per heavy atom. The lowest BCUT2D eigenvalue weighted by Crippen LogP contribution is -2.38. The van der Waals surface area contributed by atoms with Gasteiger partial charge in [-0.25, -0.2) is 0 Å². The van der Waals surface area contributed by atoms with E-state index in [9.17, 15) is 9.59 Å². The minimum Gasteiger partial charge on any atom is -0.342 e. The summed E-state index contributed by atoms with van der Waals surface area (Å²) in [4.78, 5) is 28.8. The second-order valence-corrected chi connectivity index (χ2v) is 6.58. The first-order chi connectivity index (χ1) is 11.0. The van der Waals surface area contributed by atoms with E-state index in [2.05, 4.69) is 19.9 Å². The minimum absolute atomic E-state index is 0.0568. The lowest BCUT2D eigenvalue weighted by atomic mass is 10.1. The van der Waals surface area contributed by atoms with Crippen molar-refractivity contribution in [1.29, 1.82) is 0 Å². The Bertz CT molecular complexity index is 556. The Morgan fingerprint density at radius 2 is 1.70 bits per heavy atom. The van der Waals surface area contributed by atoms with Crippen molar-refractivity contribution in [3.63, 3.8) is 0 Å². The number of nitrogens with zero attached hydrogens (tertiary/aromatic N) is 2. The average Bonchev–Trinajstić information content (AvgIpc) is 2.87. The number of carbonyl (C=O) groups excluding carboxylic acids is 2. The quantitative estimate of drug-likeness (QED) is 0.808. The van der Waals surface area contributed by atoms with Crippen LogP contribution in [0.1, 0.15) is 44.2 Å². The van der Waals surface area contributed by atoms with Gasteiger partial charge in [0.05, 0.1) is 5.92 Å². The molecule has 1 aliphatic rings. The highest BCUT2D eigenvalue weighted by Crippen LogP contribution is 2.28. The van der Waals surface area contributed by atoms with E-state index < -0.39 is 0 Å². The Hall–Kier alpha value is -1.84. The zero-order chi connectivity index (χ0) is 17.0. The summed E-state index contributed by atoms with van der Waals surface area (Å²) in [5.74, 6) is -0.0170. The van der Waals surface area contributed by atoms with Crippen LogP contribution in [0.3, 0.4) is 0 Å². The second kappa shape index (κ2) is 7.62. The van der Waals surface area contributed by atoms with E-state index in [1.54, 1.807) is 4.90 Å². The van der Waals surface area contributed by atoms with Crippen LogP contribution in [0.4, 0.5) is 5.69 Å². The molecule has 4 nitrogen and oxygen atoms in total. The summed E-state index contributed by atoms with van der Waals surface area (Å²) in [5.41, 5.74) is 3.20. The van der Waals surface area contributed by atoms with Crippen molar-refractivity contribution in [1.82, 2.24) is 4.90 Å². The number of anilines is 1. The topological polar surface area (TPSA) is 40.6 Å². The van der Waals surface area contributed by atoms with Crippen molar-refractivity contribution < 1.29 is 9.59 Å². The van der Waals surface area contributed by atoms with Gasteiger partial charge >= 0.3 is 0 Å². The zero-order valence-electron chi connectivity index (χ0n) is 14.8. The highest BCUT2D eigenvalue weighted by Gasteiger charge is 2.36. The number of benzene rings is 1. The highest BCUT2D eigenvalue weighted by atomic mass is 16.2. The van der Waals surface area contributed by atoms with Gasteiger partial charge in [-0.1, -0.05) is 19.9 Å². The maximum atomic E-state index is 12.7. The standard InChI is InChI=1S/C19H28N2O2/c1-5-7-20(8-6-2)19(23)16-12-18(22)21(13-16)17-10-14(3)9-15(4)11-17/h9-11,16H,5-8,12-13H2,1-4H3/t16-/m0/s1. The molecule has 23 heavy (non-hydrogen) atoms. The fourth-order valence-corrected chi connectivity index (χ4v) is 3.36. The van der Waals surface area contributed by atoms with Crippen molar-refractivity contribution in [3.8, 4) is 0 Å². The lowest BCUT2D eigenvalue weighted by molar-refractivity contribution is -0.135. The first kappa shape index (κ1) is 17.5. The van der Waals surface area contributed by atoms with Crippen molar-refractivity contribution in [2.75, 3.05) is 24.5 Å². The zero-order valence-corrected chi connectivity index (χ0v) is 14.8. The van der Waals surface area contributed by atoms with Gasteiger partial charge in [0.1, 0.15) is 0 Å². The molecule has 0 N–H and O–H groups in total. The van der Waals surface area contributed by atoms with Crippen LogP contribution in [0.15, 0.2) is 18.2 Å². The Balaban J connectivity index is 2.13. The van der Waals surface area contributed by atoms with Gasteiger partial charge in [0.25, 0.3) is 0 Å². The number of carbonyl (C=O) groups is 2. The van der Waals surface area contributed by atoms with E-state index in [0.717, 1.165) is 42.7 Å². The molecule has 2 rings (SSSR count). The molecule has 0 spiro atoms. The molecule has 1 fully saturated rings. The van der Waals surface area contributed by atoms with E-state index in [0.29, 0.717) is 13.0 Å². The van der Waals surface area contributed by atoms with Gasteiger partial charge in [0.15, 0.2) is 0 Å². The predicted molar refractivity (Wildman–Crippen MR) is 93.5 cm³/mol. The fraction of sp³-hybridized carbons (Fsp3) is 0.579. The van der Waals surface area contributed by atoms with Crippen molar-refractivity contribution in [3.05, 3.63) is 29.3 Å². The first-order valence-corrected chi connectivity index (χ1v) is 8.63. The van der Waals surface area contributed by atoms with Crippen LogP contribution in [0.5, 0.6) is 0 Å². The van der Waals surface area contributed by atoms with Crippen LogP contribution < -0.4 is 4.90 Å². The van der Waals surface area contributed by atoms with E-state index in [4.69, 9.17) is 0 Å². The third kappa shape index (κ3) is 4.12. The predicted octanol–water partition coefficient (Wildman–Crippen LogP) is 3.30. The van der Waals surface area contributed by atoms with Crippen molar-refractivity contribution in [2.45, 2.75) is 47.0 Å². The van der Waals surface area contributed by atoms with E-state index in [1.807, 2.05) is 30.9 Å². The Morgan fingerprint density at radius 1 is 1.13 bits per heavy atom. The van der Waals surface area contributed by atoms with Gasteiger partial charge in [-0.15, -0.1) is 0 Å². The molecule has 0 saturated carbocycles. The molecule has 1 atom stereocenters. The molecule has 2 amide bonds. The molecule has 0 bridgehead atoms. The van der Waals surface area contributed by atoms with Crippen molar-refractivity contribution in [2.24, 2.45) is 5.92 Å². The summed E-state index contributed by atoms with van der Waals surface area (Å²) in [6, 6.07) is 6.14. The summed E-state index contributed by atoms with van der Waals surface area (Å²) < 4.78 is 0. The molecule has 0 unspecified atom stereocenters. The molecule has 0 aromatic heterocycles. The molecule has 1 aromatic carbocycles. The van der Waals surface area contributed by atoms with E-state index in [1.165, 1.54) is 0 Å². The van der Waals surface area contributed by atoms with Gasteiger partial charge in [-0.05, 0) is 49.9 Å². The van der Waals surface area contributed by atoms with Crippen LogP contribution in [-0.2, 0) is 9.59 Å². The summed E-state index contributed by atoms with van der Waals surface area (Å²) in [5, 5.41) is 0. The molecule has 1 aromatic rings. The maximum absolute atomic E-state index is 12.7. The second-order valence-electron chi connectivity index (χ2n) is 6.58. The van der Waals surface area contributed by atoms with Gasteiger partial charge in [-0.3, -0.25) is 9.59 Å². The van der Waals surface area contributed by atoms with Crippen LogP contribution in [0.2, 0.25) is 0 Å². The molecular formula is C19H28N2O2. The molecule has 126 valence electrons. The molecule has 4 heteroatoms. The van der Waals surface area contributed by atoms with Gasteiger partial charge in [-0.2, -0.15) is 0 Å². The van der Waals surface area contributed by atoms with Crippen LogP contribution in [-0.4, -0.2) is 36.3 Å². The number of hydrogen-bond donors (Lipinski definition) is 0. The normalized spacial score (nSPS) is 17.7. The molecular weight excluding hydrogens is 288 g/mol. The summed E-state index contributed by atoms with van der Waals surface area (Å²) in [7, 11) is 0. The third-order valence-electron chi connectivity index (χ3n) is 4.29. The Kier molecular flexibility index (Phi) is 5.80. The van der Waals surface area contributed by atoms with Gasteiger partial charge in [0, 0.05) is 31.7 Å². The molecule has 0 radical (unpaired) electrons. The summed E-state index contributed by atoms with van der Waals surface area (Å²) >= 11 is 0. The monoisotopic (exact) mass is 316 g/mol. The lowest BCUT2D eigenvalue weighted by Gasteiger charge is -2.25. The molecule has 1 heterocycles. The summed E-state index contributed by atoms with van der Waals surface area (Å²) in [6.45, 7) is 10.3. The van der Waals surface area contributed by atoms with Crippen LogP contribution in [0, 0.1) is 19.8 Å². The molecule has 1 aliphatic heterocycles. The van der Waals surface area contributed by atoms with Crippen molar-refractivity contribution >= 4 is 17.5 Å². The number of rotatable bonds is 6. The number of aryl methyl sites for hydroxylation is 2. The third-order valence-corrected chi connectivity index (χ3v) is 4.29. The molecule has 1 saturated heterocycles. The first-order valence-electron chi connectivity index (χ1n) is 8.63. The smallest absolute Gasteiger partial charge is 0.228 e. The maximum Gasteiger partial charge on any atom is 0.228 e. The molecule has 0 aliphatic carbocycles. The number of hydrogen-bond acceptors (Lipinski definition) is 2. The van der Waals surface area contributed by atoms with Gasteiger partial charge in [0.2, 0.25) is 11.8 Å². The van der Waals surface area contributed by atoms with E-state index in [-0.39, 0.29) is 17.7 Å². The number of amides is 2. The Labute approximate surface area is 139 Å². The van der Waals surface area contributed by atoms with Crippen LogP contribution in [0.25, 0.3) is 0 Å². The minimum atomic E-state index is -0.207. The average molecular weight is 316 g/mol. The fourth-order valence-electron chi connectivity index (χ4n) is 3.36. The highest BCUT2D eigenvalue weighted by molar-refractivity contribution is 6.00. The van der Waals surface area contributed by atoms with E-state index >= 15 is 0 Å². The largest absolute Gasteiger partial charge is 0.342 e. The van der Waals surface area contributed by atoms with Crippen LogP contribution >= 0.6 is 0 Å².